The molecule has 0 radical (unpaired) electrons. The molecule has 0 aliphatic carbocycles. The van der Waals surface area contributed by atoms with Gasteiger partial charge in [-0.05, 0) is 44.0 Å². The van der Waals surface area contributed by atoms with Crippen molar-refractivity contribution in [3.05, 3.63) is 58.2 Å². The Morgan fingerprint density at radius 2 is 2.04 bits per heavy atom. The molecule has 2 aromatic rings. The van der Waals surface area contributed by atoms with Crippen LogP contribution in [0.3, 0.4) is 0 Å². The molecule has 25 heavy (non-hydrogen) atoms. The third kappa shape index (κ3) is 3.16. The van der Waals surface area contributed by atoms with E-state index in [4.69, 9.17) is 4.74 Å². The fourth-order valence-corrected chi connectivity index (χ4v) is 3.25. The molecule has 3 rings (SSSR count). The molecule has 0 atom stereocenters. The molecule has 132 valence electrons. The first-order valence-corrected chi connectivity index (χ1v) is 8.33. The number of hydrogen-bond donors (Lipinski definition) is 1. The Bertz CT molecular complexity index is 822. The van der Waals surface area contributed by atoms with Crippen molar-refractivity contribution in [1.29, 1.82) is 0 Å². The molecule has 0 saturated carbocycles. The Kier molecular flexibility index (Phi) is 4.61. The van der Waals surface area contributed by atoms with Crippen LogP contribution in [-0.4, -0.2) is 41.5 Å². The number of hydrogen-bond acceptors (Lipinski definition) is 3. The van der Waals surface area contributed by atoms with Crippen LogP contribution >= 0.6 is 0 Å². The summed E-state index contributed by atoms with van der Waals surface area (Å²) in [6, 6.07) is 6.48. The van der Waals surface area contributed by atoms with Crippen LogP contribution in [0, 0.1) is 19.7 Å². The Hall–Kier alpha value is -2.63. The topological polar surface area (TPSA) is 62.4 Å². The maximum Gasteiger partial charge on any atom is 0.355 e. The SMILES string of the molecule is CCOC(=O)c1[nH]c(C)c(C(=O)N2CC(c3cccc(F)c3)C2)c1C. The van der Waals surface area contributed by atoms with Gasteiger partial charge in [-0.25, -0.2) is 9.18 Å². The summed E-state index contributed by atoms with van der Waals surface area (Å²) in [6.45, 7) is 6.62. The van der Waals surface area contributed by atoms with Gasteiger partial charge in [-0.1, -0.05) is 12.1 Å². The molecule has 1 aliphatic rings. The van der Waals surface area contributed by atoms with Gasteiger partial charge in [-0.15, -0.1) is 0 Å². The number of aromatic nitrogens is 1. The van der Waals surface area contributed by atoms with Gasteiger partial charge in [0.25, 0.3) is 5.91 Å². The lowest BCUT2D eigenvalue weighted by Crippen LogP contribution is -2.48. The molecule has 1 amide bonds. The molecule has 1 saturated heterocycles. The number of aromatic amines is 1. The molecule has 0 bridgehead atoms. The van der Waals surface area contributed by atoms with Gasteiger partial charge in [0.2, 0.25) is 0 Å². The molecule has 5 nitrogen and oxygen atoms in total. The Morgan fingerprint density at radius 3 is 2.68 bits per heavy atom. The van der Waals surface area contributed by atoms with Crippen molar-refractivity contribution < 1.29 is 18.7 Å². The molecule has 0 spiro atoms. The zero-order valence-electron chi connectivity index (χ0n) is 14.6. The van der Waals surface area contributed by atoms with E-state index in [-0.39, 0.29) is 24.2 Å². The van der Waals surface area contributed by atoms with Gasteiger partial charge in [-0.2, -0.15) is 0 Å². The Morgan fingerprint density at radius 1 is 1.32 bits per heavy atom. The van der Waals surface area contributed by atoms with Gasteiger partial charge in [0.15, 0.2) is 0 Å². The van der Waals surface area contributed by atoms with Crippen LogP contribution in [0.1, 0.15) is 50.5 Å². The number of esters is 1. The lowest BCUT2D eigenvalue weighted by atomic mass is 9.90. The first-order chi connectivity index (χ1) is 11.9. The van der Waals surface area contributed by atoms with Gasteiger partial charge in [0.1, 0.15) is 11.5 Å². The summed E-state index contributed by atoms with van der Waals surface area (Å²) in [7, 11) is 0. The van der Waals surface area contributed by atoms with Gasteiger partial charge in [-0.3, -0.25) is 4.79 Å². The average molecular weight is 344 g/mol. The summed E-state index contributed by atoms with van der Waals surface area (Å²) in [5.41, 5.74) is 3.00. The minimum atomic E-state index is -0.455. The minimum Gasteiger partial charge on any atom is -0.461 e. The number of H-pyrrole nitrogens is 1. The van der Waals surface area contributed by atoms with E-state index in [9.17, 15) is 14.0 Å². The highest BCUT2D eigenvalue weighted by Crippen LogP contribution is 2.30. The summed E-state index contributed by atoms with van der Waals surface area (Å²) in [4.78, 5) is 29.4. The van der Waals surface area contributed by atoms with Crippen molar-refractivity contribution in [3.8, 4) is 0 Å². The highest BCUT2D eigenvalue weighted by Gasteiger charge is 2.35. The van der Waals surface area contributed by atoms with Gasteiger partial charge < -0.3 is 14.6 Å². The third-order valence-corrected chi connectivity index (χ3v) is 4.62. The number of nitrogens with zero attached hydrogens (tertiary/aromatic N) is 1. The molecule has 1 aromatic carbocycles. The molecule has 1 fully saturated rings. The number of carbonyl (C=O) groups excluding carboxylic acids is 2. The number of amides is 1. The van der Waals surface area contributed by atoms with Crippen LogP contribution in [0.25, 0.3) is 0 Å². The van der Waals surface area contributed by atoms with Gasteiger partial charge >= 0.3 is 5.97 Å². The number of halogens is 1. The fourth-order valence-electron chi connectivity index (χ4n) is 3.25. The van der Waals surface area contributed by atoms with Crippen LogP contribution in [-0.2, 0) is 4.74 Å². The van der Waals surface area contributed by atoms with E-state index in [2.05, 4.69) is 4.98 Å². The summed E-state index contributed by atoms with van der Waals surface area (Å²) in [5, 5.41) is 0. The van der Waals surface area contributed by atoms with Crippen LogP contribution < -0.4 is 0 Å². The van der Waals surface area contributed by atoms with Crippen molar-refractivity contribution in [1.82, 2.24) is 9.88 Å². The second-order valence-corrected chi connectivity index (χ2v) is 6.31. The first kappa shape index (κ1) is 17.2. The molecule has 6 heteroatoms. The Labute approximate surface area is 145 Å². The van der Waals surface area contributed by atoms with Crippen molar-refractivity contribution >= 4 is 11.9 Å². The summed E-state index contributed by atoms with van der Waals surface area (Å²) >= 11 is 0. The monoisotopic (exact) mass is 344 g/mol. The lowest BCUT2D eigenvalue weighted by molar-refractivity contribution is 0.0519. The second kappa shape index (κ2) is 6.70. The number of ether oxygens (including phenoxy) is 1. The maximum absolute atomic E-state index is 13.3. The molecule has 2 heterocycles. The predicted octanol–water partition coefficient (Wildman–Crippen LogP) is 3.19. The zero-order chi connectivity index (χ0) is 18.1. The second-order valence-electron chi connectivity index (χ2n) is 6.31. The average Bonchev–Trinajstić information content (AvgIpc) is 2.81. The van der Waals surface area contributed by atoms with Crippen LogP contribution in [0.15, 0.2) is 24.3 Å². The van der Waals surface area contributed by atoms with E-state index in [1.165, 1.54) is 12.1 Å². The van der Waals surface area contributed by atoms with E-state index >= 15 is 0 Å². The predicted molar refractivity (Wildman–Crippen MR) is 91.3 cm³/mol. The summed E-state index contributed by atoms with van der Waals surface area (Å²) in [5.74, 6) is -0.694. The Balaban J connectivity index is 1.74. The van der Waals surface area contributed by atoms with Crippen molar-refractivity contribution in [3.63, 3.8) is 0 Å². The zero-order valence-corrected chi connectivity index (χ0v) is 14.6. The normalized spacial score (nSPS) is 14.3. The first-order valence-electron chi connectivity index (χ1n) is 8.33. The molecular formula is C19H21FN2O3. The molecule has 1 aliphatic heterocycles. The molecule has 1 aromatic heterocycles. The number of nitrogens with one attached hydrogen (secondary N) is 1. The van der Waals surface area contributed by atoms with E-state index in [1.54, 1.807) is 31.7 Å². The molecule has 1 N–H and O–H groups in total. The van der Waals surface area contributed by atoms with E-state index < -0.39 is 5.97 Å². The largest absolute Gasteiger partial charge is 0.461 e. The highest BCUT2D eigenvalue weighted by molar-refractivity contribution is 6.01. The molecule has 0 unspecified atom stereocenters. The van der Waals surface area contributed by atoms with Crippen molar-refractivity contribution in [2.45, 2.75) is 26.7 Å². The maximum atomic E-state index is 13.3. The van der Waals surface area contributed by atoms with E-state index in [0.717, 1.165) is 5.56 Å². The van der Waals surface area contributed by atoms with Gasteiger partial charge in [0, 0.05) is 24.7 Å². The number of likely N-dealkylation sites (tertiary alicyclic amines) is 1. The molecular weight excluding hydrogens is 323 g/mol. The number of carbonyl (C=O) groups is 2. The van der Waals surface area contributed by atoms with Gasteiger partial charge in [0.05, 0.1) is 12.2 Å². The van der Waals surface area contributed by atoms with Crippen LogP contribution in [0.4, 0.5) is 4.39 Å². The number of rotatable bonds is 4. The number of aryl methyl sites for hydroxylation is 1. The fraction of sp³-hybridized carbons (Fsp3) is 0.368. The lowest BCUT2D eigenvalue weighted by Gasteiger charge is -2.39. The minimum absolute atomic E-state index is 0.116. The van der Waals surface area contributed by atoms with Crippen molar-refractivity contribution in [2.24, 2.45) is 0 Å². The quantitative estimate of drug-likeness (QED) is 0.867. The summed E-state index contributed by atoms with van der Waals surface area (Å²) < 4.78 is 18.3. The van der Waals surface area contributed by atoms with Crippen LogP contribution in [0.5, 0.6) is 0 Å². The smallest absolute Gasteiger partial charge is 0.355 e. The van der Waals surface area contributed by atoms with Crippen molar-refractivity contribution in [2.75, 3.05) is 19.7 Å². The third-order valence-electron chi connectivity index (χ3n) is 4.62. The highest BCUT2D eigenvalue weighted by atomic mass is 19.1. The van der Waals surface area contributed by atoms with E-state index in [0.29, 0.717) is 35.6 Å². The van der Waals surface area contributed by atoms with E-state index in [1.807, 2.05) is 6.07 Å². The standard InChI is InChI=1S/C19H21FN2O3/c1-4-25-19(24)17-11(2)16(12(3)21-17)18(23)22-9-14(10-22)13-6-5-7-15(20)8-13/h5-8,14,21H,4,9-10H2,1-3H3. The number of benzene rings is 1. The summed E-state index contributed by atoms with van der Waals surface area (Å²) in [6.07, 6.45) is 0. The van der Waals surface area contributed by atoms with Crippen LogP contribution in [0.2, 0.25) is 0 Å².